The van der Waals surface area contributed by atoms with Gasteiger partial charge >= 0.3 is 12.0 Å². The molecule has 21 heavy (non-hydrogen) atoms. The maximum Gasteiger partial charge on any atom is 0.341 e. The van der Waals surface area contributed by atoms with Crippen molar-refractivity contribution in [3.63, 3.8) is 0 Å². The summed E-state index contributed by atoms with van der Waals surface area (Å²) < 4.78 is 9.53. The summed E-state index contributed by atoms with van der Waals surface area (Å²) in [7, 11) is 0. The van der Waals surface area contributed by atoms with Crippen molar-refractivity contribution in [3.05, 3.63) is 36.5 Å². The molecule has 0 radical (unpaired) electrons. The van der Waals surface area contributed by atoms with Crippen LogP contribution in [0.15, 0.2) is 35.2 Å². The molecule has 1 aromatic carbocycles. The lowest BCUT2D eigenvalue weighted by atomic mass is 10.3. The van der Waals surface area contributed by atoms with Gasteiger partial charge in [0.05, 0.1) is 6.54 Å². The van der Waals surface area contributed by atoms with Gasteiger partial charge in [0, 0.05) is 11.8 Å². The van der Waals surface area contributed by atoms with E-state index in [0.29, 0.717) is 17.3 Å². The molecule has 9 nitrogen and oxygen atoms in total. The number of ether oxygens (including phenoxy) is 1. The molecule has 0 aliphatic carbocycles. The molecule has 0 aliphatic rings. The molecule has 2 rings (SSSR count). The Morgan fingerprint density at radius 2 is 2.24 bits per heavy atom. The molecule has 110 valence electrons. The monoisotopic (exact) mass is 292 g/mol. The molecular formula is C12H12N4O5. The fraction of sp³-hybridized carbons (Fsp3) is 0.167. The molecule has 0 bridgehead atoms. The van der Waals surface area contributed by atoms with Crippen molar-refractivity contribution in [1.29, 1.82) is 0 Å². The number of aliphatic carboxylic acids is 1. The maximum absolute atomic E-state index is 11.6. The normalized spacial score (nSPS) is 9.90. The highest BCUT2D eigenvalue weighted by Crippen LogP contribution is 2.17. The third kappa shape index (κ3) is 4.82. The molecule has 9 heteroatoms. The average molecular weight is 292 g/mol. The Bertz CT molecular complexity index is 614. The van der Waals surface area contributed by atoms with Crippen LogP contribution in [0.25, 0.3) is 0 Å². The molecule has 0 aliphatic heterocycles. The number of rotatable bonds is 6. The number of benzene rings is 1. The second-order valence-corrected chi connectivity index (χ2v) is 3.87. The van der Waals surface area contributed by atoms with E-state index in [0.717, 1.165) is 6.39 Å². The second-order valence-electron chi connectivity index (χ2n) is 3.87. The highest BCUT2D eigenvalue weighted by molar-refractivity contribution is 5.89. The van der Waals surface area contributed by atoms with Gasteiger partial charge in [-0.25, -0.2) is 9.59 Å². The van der Waals surface area contributed by atoms with Crippen molar-refractivity contribution in [1.82, 2.24) is 15.5 Å². The molecule has 0 saturated heterocycles. The predicted octanol–water partition coefficient (Wildman–Crippen LogP) is 0.855. The Morgan fingerprint density at radius 3 is 2.95 bits per heavy atom. The van der Waals surface area contributed by atoms with Crippen molar-refractivity contribution in [2.45, 2.75) is 6.54 Å². The fourth-order valence-electron chi connectivity index (χ4n) is 1.41. The Hall–Kier alpha value is -3.10. The molecule has 0 unspecified atom stereocenters. The Balaban J connectivity index is 1.85. The first-order valence-corrected chi connectivity index (χ1v) is 5.88. The first kappa shape index (κ1) is 14.3. The van der Waals surface area contributed by atoms with Gasteiger partial charge in [-0.1, -0.05) is 11.2 Å². The maximum atomic E-state index is 11.6. The number of hydrogen-bond donors (Lipinski definition) is 3. The van der Waals surface area contributed by atoms with Gasteiger partial charge in [0.15, 0.2) is 12.4 Å². The van der Waals surface area contributed by atoms with Crippen LogP contribution in [0.3, 0.4) is 0 Å². The lowest BCUT2D eigenvalue weighted by Crippen LogP contribution is -2.28. The van der Waals surface area contributed by atoms with Gasteiger partial charge in [-0.15, -0.1) is 0 Å². The molecule has 0 fully saturated rings. The number of carbonyl (C=O) groups excluding carboxylic acids is 1. The van der Waals surface area contributed by atoms with E-state index in [1.807, 2.05) is 0 Å². The Labute approximate surface area is 118 Å². The standard InChI is InChI=1S/C12H12N4O5/c17-11(18)6-20-9-3-1-2-8(4-9)15-12(19)13-5-10-14-7-21-16-10/h1-4,7H,5-6H2,(H,17,18)(H2,13,15,19). The molecule has 1 heterocycles. The van der Waals surface area contributed by atoms with Crippen LogP contribution in [0.2, 0.25) is 0 Å². The Morgan fingerprint density at radius 1 is 1.38 bits per heavy atom. The van der Waals surface area contributed by atoms with E-state index in [2.05, 4.69) is 25.3 Å². The number of hydrogen-bond acceptors (Lipinski definition) is 6. The molecule has 2 amide bonds. The van der Waals surface area contributed by atoms with Gasteiger partial charge in [0.25, 0.3) is 0 Å². The topological polar surface area (TPSA) is 127 Å². The number of carboxylic acids is 1. The largest absolute Gasteiger partial charge is 0.482 e. The summed E-state index contributed by atoms with van der Waals surface area (Å²) in [6, 6.07) is 5.91. The third-order valence-corrected chi connectivity index (χ3v) is 2.27. The minimum atomic E-state index is -1.08. The summed E-state index contributed by atoms with van der Waals surface area (Å²) in [5, 5.41) is 17.2. The van der Waals surface area contributed by atoms with Gasteiger partial charge in [0.1, 0.15) is 5.75 Å². The molecular weight excluding hydrogens is 280 g/mol. The van der Waals surface area contributed by atoms with Crippen LogP contribution in [0.5, 0.6) is 5.75 Å². The number of nitrogens with zero attached hydrogens (tertiary/aromatic N) is 2. The van der Waals surface area contributed by atoms with Crippen molar-refractivity contribution in [2.75, 3.05) is 11.9 Å². The Kier molecular flexibility index (Phi) is 4.70. The van der Waals surface area contributed by atoms with Crippen molar-refractivity contribution in [2.24, 2.45) is 0 Å². The zero-order valence-corrected chi connectivity index (χ0v) is 10.8. The molecule has 0 atom stereocenters. The predicted molar refractivity (Wildman–Crippen MR) is 69.7 cm³/mol. The van der Waals surface area contributed by atoms with Gasteiger partial charge in [-0.05, 0) is 12.1 Å². The smallest absolute Gasteiger partial charge is 0.341 e. The average Bonchev–Trinajstić information content (AvgIpc) is 2.97. The van der Waals surface area contributed by atoms with Crippen LogP contribution in [0.4, 0.5) is 10.5 Å². The molecule has 1 aromatic heterocycles. The molecule has 0 saturated carbocycles. The fourth-order valence-corrected chi connectivity index (χ4v) is 1.41. The van der Waals surface area contributed by atoms with Crippen molar-refractivity contribution >= 4 is 17.7 Å². The number of amides is 2. The zero-order chi connectivity index (χ0) is 15.1. The number of carboxylic acid groups (broad SMARTS) is 1. The minimum Gasteiger partial charge on any atom is -0.482 e. The van der Waals surface area contributed by atoms with Crippen LogP contribution in [-0.4, -0.2) is 33.9 Å². The van der Waals surface area contributed by atoms with Crippen LogP contribution < -0.4 is 15.4 Å². The summed E-state index contributed by atoms with van der Waals surface area (Å²) in [4.78, 5) is 25.8. The number of carbonyl (C=O) groups is 2. The lowest BCUT2D eigenvalue weighted by Gasteiger charge is -2.08. The summed E-state index contributed by atoms with van der Waals surface area (Å²) in [6.45, 7) is -0.328. The summed E-state index contributed by atoms with van der Waals surface area (Å²) in [5.41, 5.74) is 0.462. The van der Waals surface area contributed by atoms with E-state index in [9.17, 15) is 9.59 Å². The van der Waals surface area contributed by atoms with Gasteiger partial charge in [-0.2, -0.15) is 4.98 Å². The van der Waals surface area contributed by atoms with E-state index >= 15 is 0 Å². The number of aromatic nitrogens is 2. The third-order valence-electron chi connectivity index (χ3n) is 2.27. The van der Waals surface area contributed by atoms with E-state index in [1.54, 1.807) is 18.2 Å². The number of urea groups is 1. The highest BCUT2D eigenvalue weighted by atomic mass is 16.5. The zero-order valence-electron chi connectivity index (χ0n) is 10.8. The second kappa shape index (κ2) is 6.89. The van der Waals surface area contributed by atoms with E-state index < -0.39 is 18.6 Å². The van der Waals surface area contributed by atoms with Gasteiger partial charge < -0.3 is 25.0 Å². The van der Waals surface area contributed by atoms with Gasteiger partial charge in [0.2, 0.25) is 6.39 Å². The number of anilines is 1. The van der Waals surface area contributed by atoms with E-state index in [1.165, 1.54) is 6.07 Å². The molecule has 2 aromatic rings. The molecule has 0 spiro atoms. The molecule has 3 N–H and O–H groups in total. The van der Waals surface area contributed by atoms with Crippen molar-refractivity contribution in [3.8, 4) is 5.75 Å². The number of nitrogens with one attached hydrogen (secondary N) is 2. The van der Waals surface area contributed by atoms with Crippen LogP contribution in [0, 0.1) is 0 Å². The summed E-state index contributed by atoms with van der Waals surface area (Å²) >= 11 is 0. The first-order valence-electron chi connectivity index (χ1n) is 5.88. The van der Waals surface area contributed by atoms with E-state index in [4.69, 9.17) is 9.84 Å². The van der Waals surface area contributed by atoms with E-state index in [-0.39, 0.29) is 6.54 Å². The first-order chi connectivity index (χ1) is 10.1. The highest BCUT2D eigenvalue weighted by Gasteiger charge is 2.05. The van der Waals surface area contributed by atoms with Crippen LogP contribution in [-0.2, 0) is 11.3 Å². The van der Waals surface area contributed by atoms with Crippen LogP contribution in [0.1, 0.15) is 5.82 Å². The van der Waals surface area contributed by atoms with Gasteiger partial charge in [-0.3, -0.25) is 0 Å². The summed E-state index contributed by atoms with van der Waals surface area (Å²) in [5.74, 6) is -0.386. The quantitative estimate of drug-likeness (QED) is 0.720. The van der Waals surface area contributed by atoms with Crippen molar-refractivity contribution < 1.29 is 24.0 Å². The lowest BCUT2D eigenvalue weighted by molar-refractivity contribution is -0.139. The van der Waals surface area contributed by atoms with Crippen LogP contribution >= 0.6 is 0 Å². The summed E-state index contributed by atoms with van der Waals surface area (Å²) in [6.07, 6.45) is 1.16. The minimum absolute atomic E-state index is 0.123. The SMILES string of the molecule is O=C(O)COc1cccc(NC(=O)NCc2ncon2)c1.